The zero-order chi connectivity index (χ0) is 30.2. The van der Waals surface area contributed by atoms with Crippen molar-refractivity contribution >= 4 is 34.8 Å². The van der Waals surface area contributed by atoms with Gasteiger partial charge in [0.15, 0.2) is 5.65 Å². The number of nitrogens with zero attached hydrogens (tertiary/aromatic N) is 5. The van der Waals surface area contributed by atoms with E-state index < -0.39 is 28.6 Å². The maximum Gasteiger partial charge on any atom is 0.335 e. The molecular formula is C29H24N8O6. The molecule has 0 radical (unpaired) electrons. The van der Waals surface area contributed by atoms with Gasteiger partial charge < -0.3 is 26.4 Å². The molecule has 14 heteroatoms. The third-order valence-electron chi connectivity index (χ3n) is 7.36. The number of aromatic nitrogens is 4. The van der Waals surface area contributed by atoms with Crippen LogP contribution in [0.4, 0.5) is 11.4 Å². The van der Waals surface area contributed by atoms with Crippen LogP contribution in [-0.2, 0) is 26.1 Å². The first-order valence-corrected chi connectivity index (χ1v) is 13.2. The topological polar surface area (TPSA) is 202 Å². The average molecular weight is 581 g/mol. The first-order valence-electron chi connectivity index (χ1n) is 13.2. The average Bonchev–Trinajstić information content (AvgIpc) is 3.51. The Morgan fingerprint density at radius 1 is 0.907 bits per heavy atom. The second-order valence-electron chi connectivity index (χ2n) is 10.1. The molecule has 1 aliphatic heterocycles. The normalized spacial score (nSPS) is 12.7. The predicted molar refractivity (Wildman–Crippen MR) is 153 cm³/mol. The summed E-state index contributed by atoms with van der Waals surface area (Å²) >= 11 is 0. The van der Waals surface area contributed by atoms with Crippen LogP contribution in [0.25, 0.3) is 5.65 Å². The molecule has 1 aliphatic rings. The smallest absolute Gasteiger partial charge is 0.335 e. The minimum absolute atomic E-state index is 0.00362. The van der Waals surface area contributed by atoms with E-state index in [2.05, 4.69) is 25.9 Å². The number of carbonyl (C=O) groups is 3. The fraction of sp³-hybridized carbons (Fsp3) is 0.172. The molecule has 216 valence electrons. The maximum atomic E-state index is 13.2. The number of nitrogens with one attached hydrogen (secondary N) is 2. The van der Waals surface area contributed by atoms with Gasteiger partial charge in [0.2, 0.25) is 0 Å². The summed E-state index contributed by atoms with van der Waals surface area (Å²) in [6.45, 7) is 1.27. The molecule has 0 aliphatic carbocycles. The summed E-state index contributed by atoms with van der Waals surface area (Å²) in [6.07, 6.45) is 2.01. The monoisotopic (exact) mass is 580 g/mol. The molecule has 0 saturated carbocycles. The molecule has 3 aromatic carbocycles. The van der Waals surface area contributed by atoms with Crippen molar-refractivity contribution in [2.45, 2.75) is 26.1 Å². The lowest BCUT2D eigenvalue weighted by atomic mass is 9.96. The molecule has 0 unspecified atom stereocenters. The van der Waals surface area contributed by atoms with Crippen molar-refractivity contribution in [3.05, 3.63) is 114 Å². The number of nitrogen functional groups attached to an aromatic ring is 1. The number of aromatic carboxylic acids is 1. The lowest BCUT2D eigenvalue weighted by Crippen LogP contribution is -2.44. The Labute approximate surface area is 242 Å². The van der Waals surface area contributed by atoms with Crippen LogP contribution in [0.3, 0.4) is 0 Å². The van der Waals surface area contributed by atoms with Gasteiger partial charge in [-0.1, -0.05) is 35.5 Å². The molecule has 0 bridgehead atoms. The summed E-state index contributed by atoms with van der Waals surface area (Å²) < 4.78 is 1.23. The van der Waals surface area contributed by atoms with Crippen molar-refractivity contribution in [2.24, 2.45) is 0 Å². The Balaban J connectivity index is 1.14. The molecule has 3 heterocycles. The van der Waals surface area contributed by atoms with Crippen LogP contribution in [0.5, 0.6) is 0 Å². The Hall–Kier alpha value is -5.92. The van der Waals surface area contributed by atoms with E-state index in [1.54, 1.807) is 17.0 Å². The Kier molecular flexibility index (Phi) is 6.85. The van der Waals surface area contributed by atoms with Gasteiger partial charge >= 0.3 is 5.97 Å². The van der Waals surface area contributed by atoms with Crippen molar-refractivity contribution in [1.82, 2.24) is 30.4 Å². The van der Waals surface area contributed by atoms with Crippen LogP contribution in [-0.4, -0.2) is 49.2 Å². The summed E-state index contributed by atoms with van der Waals surface area (Å²) in [5.74, 6) is -2.09. The van der Waals surface area contributed by atoms with Crippen molar-refractivity contribution in [3.8, 4) is 0 Å². The molecule has 6 rings (SSSR count). The molecule has 0 saturated heterocycles. The molecular weight excluding hydrogens is 556 g/mol. The van der Waals surface area contributed by atoms with Crippen LogP contribution < -0.4 is 32.1 Å². The van der Waals surface area contributed by atoms with Crippen LogP contribution in [0, 0.1) is 0 Å². The highest BCUT2D eigenvalue weighted by atomic mass is 16.4. The Morgan fingerprint density at radius 2 is 1.63 bits per heavy atom. The highest BCUT2D eigenvalue weighted by Crippen LogP contribution is 2.26. The zero-order valence-corrected chi connectivity index (χ0v) is 22.5. The lowest BCUT2D eigenvalue weighted by Gasteiger charge is -2.32. The Morgan fingerprint density at radius 3 is 2.37 bits per heavy atom. The van der Waals surface area contributed by atoms with Gasteiger partial charge in [-0.05, 0) is 40.8 Å². The van der Waals surface area contributed by atoms with E-state index >= 15 is 0 Å². The third-order valence-corrected chi connectivity index (χ3v) is 7.36. The summed E-state index contributed by atoms with van der Waals surface area (Å²) in [5.41, 5.74) is 8.73. The van der Waals surface area contributed by atoms with Gasteiger partial charge in [0.05, 0.1) is 11.8 Å². The van der Waals surface area contributed by atoms with E-state index in [1.165, 1.54) is 28.9 Å². The Bertz CT molecular complexity index is 1990. The van der Waals surface area contributed by atoms with Crippen LogP contribution in [0.15, 0.2) is 64.3 Å². The number of hydrogen-bond donors (Lipinski definition) is 4. The number of rotatable bonds is 8. The van der Waals surface area contributed by atoms with Gasteiger partial charge in [0.25, 0.3) is 22.7 Å². The highest BCUT2D eigenvalue weighted by molar-refractivity contribution is 5.98. The largest absolute Gasteiger partial charge is 0.478 e. The molecule has 14 nitrogen and oxygen atoms in total. The molecule has 5 N–H and O–H groups in total. The van der Waals surface area contributed by atoms with E-state index in [-0.39, 0.29) is 47.1 Å². The molecule has 43 heavy (non-hydrogen) atoms. The number of amides is 2. The molecule has 0 atom stereocenters. The quantitative estimate of drug-likeness (QED) is 0.185. The first-order chi connectivity index (χ1) is 20.7. The molecule has 0 fully saturated rings. The lowest BCUT2D eigenvalue weighted by molar-refractivity contribution is 0.0696. The number of anilines is 2. The first kappa shape index (κ1) is 27.3. The SMILES string of the molecule is Nc1c(N2CCc3ccc(CNC(=O)c4cc(C(=O)NCc5ccc(C(=O)O)cc5)nc5cnnn45)cc3C2)c(=O)c1=O. The van der Waals surface area contributed by atoms with E-state index in [0.717, 1.165) is 16.7 Å². The number of benzene rings is 2. The summed E-state index contributed by atoms with van der Waals surface area (Å²) in [5, 5.41) is 22.3. The van der Waals surface area contributed by atoms with Gasteiger partial charge in [-0.25, -0.2) is 9.78 Å². The molecule has 2 amide bonds. The van der Waals surface area contributed by atoms with E-state index in [4.69, 9.17) is 10.8 Å². The van der Waals surface area contributed by atoms with Crippen molar-refractivity contribution in [3.63, 3.8) is 0 Å². The van der Waals surface area contributed by atoms with E-state index in [9.17, 15) is 24.0 Å². The van der Waals surface area contributed by atoms with Crippen LogP contribution in [0.1, 0.15) is 53.6 Å². The number of fused-ring (bicyclic) bond motifs is 2. The fourth-order valence-corrected chi connectivity index (χ4v) is 5.04. The van der Waals surface area contributed by atoms with Gasteiger partial charge in [0.1, 0.15) is 22.8 Å². The van der Waals surface area contributed by atoms with Gasteiger partial charge in [-0.15, -0.1) is 5.10 Å². The fourth-order valence-electron chi connectivity index (χ4n) is 5.04. The van der Waals surface area contributed by atoms with Crippen LogP contribution >= 0.6 is 0 Å². The summed E-state index contributed by atoms with van der Waals surface area (Å²) in [6, 6.07) is 13.2. The maximum absolute atomic E-state index is 13.2. The highest BCUT2D eigenvalue weighted by Gasteiger charge is 2.27. The van der Waals surface area contributed by atoms with Gasteiger partial charge in [-0.3, -0.25) is 19.2 Å². The number of carbonyl (C=O) groups excluding carboxylic acids is 2. The minimum atomic E-state index is -1.05. The van der Waals surface area contributed by atoms with Crippen molar-refractivity contribution in [1.29, 1.82) is 0 Å². The van der Waals surface area contributed by atoms with E-state index in [0.29, 0.717) is 25.1 Å². The predicted octanol–water partition coefficient (Wildman–Crippen LogP) is 0.423. The summed E-state index contributed by atoms with van der Waals surface area (Å²) in [4.78, 5) is 66.8. The van der Waals surface area contributed by atoms with Crippen molar-refractivity contribution in [2.75, 3.05) is 17.2 Å². The second-order valence-corrected chi connectivity index (χ2v) is 10.1. The van der Waals surface area contributed by atoms with Crippen molar-refractivity contribution < 1.29 is 19.5 Å². The minimum Gasteiger partial charge on any atom is -0.478 e. The number of nitrogens with two attached hydrogens (primary N) is 1. The van der Waals surface area contributed by atoms with E-state index in [1.807, 2.05) is 18.2 Å². The molecule has 0 spiro atoms. The van der Waals surface area contributed by atoms with Crippen LogP contribution in [0.2, 0.25) is 0 Å². The second kappa shape index (κ2) is 10.8. The third kappa shape index (κ3) is 5.16. The number of carboxylic acid groups (broad SMARTS) is 1. The van der Waals surface area contributed by atoms with Gasteiger partial charge in [0, 0.05) is 32.2 Å². The molecule has 5 aromatic rings. The molecule has 2 aromatic heterocycles. The standard InChI is InChI=1S/C29H24N8O6/c30-23-24(26(39)25(23)38)36-8-7-17-4-3-16(9-19(17)14-36)12-32-28(41)21-10-20(34-22-13-33-35-37(21)22)27(40)31-11-15-1-5-18(6-2-15)29(42)43/h1-6,9-10,13H,7-8,11-12,14,30H2,(H,31,40)(H,32,41)(H,42,43). The van der Waals surface area contributed by atoms with Gasteiger partial charge in [-0.2, -0.15) is 4.52 Å². The zero-order valence-electron chi connectivity index (χ0n) is 22.5. The number of carboxylic acids is 1. The number of hydrogen-bond acceptors (Lipinski definition) is 10. The summed E-state index contributed by atoms with van der Waals surface area (Å²) in [7, 11) is 0.